The van der Waals surface area contributed by atoms with Gasteiger partial charge in [-0.3, -0.25) is 9.59 Å². The van der Waals surface area contributed by atoms with Crippen molar-refractivity contribution in [3.8, 4) is 17.2 Å². The molecule has 1 aromatic heterocycles. The average molecular weight is 568 g/mol. The number of hydrogen-bond donors (Lipinski definition) is 0. The van der Waals surface area contributed by atoms with Crippen molar-refractivity contribution in [2.75, 3.05) is 13.2 Å². The molecule has 0 aliphatic heterocycles. The Bertz CT molecular complexity index is 1880. The predicted octanol–water partition coefficient (Wildman–Crippen LogP) is 8.92. The van der Waals surface area contributed by atoms with E-state index in [4.69, 9.17) is 9.47 Å². The summed E-state index contributed by atoms with van der Waals surface area (Å²) >= 11 is 0. The molecule has 0 atom stereocenters. The van der Waals surface area contributed by atoms with E-state index in [0.29, 0.717) is 50.4 Å². The normalized spacial score (nSPS) is 11.3. The van der Waals surface area contributed by atoms with Crippen molar-refractivity contribution < 1.29 is 19.1 Å². The molecule has 0 amide bonds. The molecule has 0 spiro atoms. The maximum atomic E-state index is 11.7. The molecule has 0 radical (unpaired) electrons. The van der Waals surface area contributed by atoms with Gasteiger partial charge in [0.15, 0.2) is 11.6 Å². The Hall–Kier alpha value is -5.16. The van der Waals surface area contributed by atoms with Gasteiger partial charge in [0.25, 0.3) is 0 Å². The van der Waals surface area contributed by atoms with Crippen LogP contribution >= 0.6 is 0 Å². The molecule has 0 fully saturated rings. The number of carbonyl (C=O) groups excluding carboxylic acids is 2. The maximum absolute atomic E-state index is 11.7. The molecule has 43 heavy (non-hydrogen) atoms. The first kappa shape index (κ1) is 28.0. The van der Waals surface area contributed by atoms with Crippen LogP contribution in [-0.2, 0) is 9.59 Å². The Morgan fingerprint density at radius 2 is 1.09 bits per heavy atom. The molecule has 0 bridgehead atoms. The number of aromatic nitrogens is 1. The number of nitrogens with zero attached hydrogens (tertiary/aromatic N) is 1. The number of rotatable bonds is 13. The third-order valence-corrected chi connectivity index (χ3v) is 7.80. The van der Waals surface area contributed by atoms with Crippen LogP contribution in [0.2, 0.25) is 0 Å². The fraction of sp³-hybridized carbons (Fsp3) is 0.158. The molecule has 0 unspecified atom stereocenters. The molecule has 5 heteroatoms. The van der Waals surface area contributed by atoms with Gasteiger partial charge in [-0.15, -0.1) is 0 Å². The Morgan fingerprint density at radius 1 is 0.628 bits per heavy atom. The SMILES string of the molecule is C=CC(=O)CCCOc1cc(OCCCC(=O)C=C)cc(-n2c3ccc4ccccc4c3c3c4ccccc4ccc32)c1. The highest BCUT2D eigenvalue weighted by atomic mass is 16.5. The quantitative estimate of drug-likeness (QED) is 0.103. The first-order chi connectivity index (χ1) is 21.1. The second kappa shape index (κ2) is 12.4. The van der Waals surface area contributed by atoms with Crippen molar-refractivity contribution >= 4 is 54.9 Å². The second-order valence-corrected chi connectivity index (χ2v) is 10.6. The third kappa shape index (κ3) is 5.67. The summed E-state index contributed by atoms with van der Waals surface area (Å²) in [4.78, 5) is 23.4. The van der Waals surface area contributed by atoms with Gasteiger partial charge in [-0.25, -0.2) is 0 Å². The molecule has 0 aliphatic rings. The predicted molar refractivity (Wildman–Crippen MR) is 176 cm³/mol. The van der Waals surface area contributed by atoms with Gasteiger partial charge in [0, 0.05) is 41.8 Å². The maximum Gasteiger partial charge on any atom is 0.155 e. The van der Waals surface area contributed by atoms with Gasteiger partial charge in [0.2, 0.25) is 0 Å². The van der Waals surface area contributed by atoms with Crippen LogP contribution in [0, 0.1) is 0 Å². The van der Waals surface area contributed by atoms with Crippen LogP contribution in [0.25, 0.3) is 49.0 Å². The van der Waals surface area contributed by atoms with E-state index in [1.165, 1.54) is 44.5 Å². The van der Waals surface area contributed by atoms with Crippen LogP contribution in [0.4, 0.5) is 0 Å². The van der Waals surface area contributed by atoms with Crippen molar-refractivity contribution in [1.82, 2.24) is 4.57 Å². The highest BCUT2D eigenvalue weighted by Gasteiger charge is 2.18. The minimum Gasteiger partial charge on any atom is -0.493 e. The molecular weight excluding hydrogens is 534 g/mol. The van der Waals surface area contributed by atoms with Crippen LogP contribution < -0.4 is 9.47 Å². The van der Waals surface area contributed by atoms with Crippen LogP contribution in [-0.4, -0.2) is 29.3 Å². The van der Waals surface area contributed by atoms with Crippen LogP contribution in [0.15, 0.2) is 116 Å². The zero-order chi connectivity index (χ0) is 29.8. The highest BCUT2D eigenvalue weighted by Crippen LogP contribution is 2.41. The first-order valence-electron chi connectivity index (χ1n) is 14.6. The summed E-state index contributed by atoms with van der Waals surface area (Å²) in [7, 11) is 0. The lowest BCUT2D eigenvalue weighted by Crippen LogP contribution is -2.04. The number of ether oxygens (including phenoxy) is 2. The summed E-state index contributed by atoms with van der Waals surface area (Å²) in [6, 6.07) is 31.6. The van der Waals surface area contributed by atoms with E-state index in [2.05, 4.69) is 90.5 Å². The largest absolute Gasteiger partial charge is 0.493 e. The lowest BCUT2D eigenvalue weighted by Gasteiger charge is -2.15. The van der Waals surface area contributed by atoms with Gasteiger partial charge in [-0.1, -0.05) is 73.8 Å². The van der Waals surface area contributed by atoms with E-state index in [-0.39, 0.29) is 11.6 Å². The van der Waals surface area contributed by atoms with Gasteiger partial charge >= 0.3 is 0 Å². The molecule has 1 heterocycles. The lowest BCUT2D eigenvalue weighted by molar-refractivity contribution is -0.115. The topological polar surface area (TPSA) is 57.5 Å². The minimum absolute atomic E-state index is 0.000165. The number of ketones is 2. The van der Waals surface area contributed by atoms with Crippen molar-refractivity contribution in [3.05, 3.63) is 116 Å². The standard InChI is InChI=1S/C38H33NO4/c1-3-29(40)13-9-21-42-31-23-28(24-32(25-31)43-22-10-14-30(41)4-2)39-35-19-17-26-11-5-7-15-33(26)37(35)38-34-16-8-6-12-27(34)18-20-36(38)39/h3-8,11-12,15-20,23-25H,1-2,9-10,13-14,21-22H2. The summed E-state index contributed by atoms with van der Waals surface area (Å²) in [6.07, 6.45) is 4.64. The molecule has 6 aromatic rings. The summed E-state index contributed by atoms with van der Waals surface area (Å²) in [5.74, 6) is 1.30. The van der Waals surface area contributed by atoms with E-state index >= 15 is 0 Å². The molecule has 0 aliphatic carbocycles. The van der Waals surface area contributed by atoms with E-state index in [1.54, 1.807) is 0 Å². The Balaban J connectivity index is 1.50. The van der Waals surface area contributed by atoms with Crippen LogP contribution in [0.1, 0.15) is 25.7 Å². The number of fused-ring (bicyclic) bond motifs is 7. The van der Waals surface area contributed by atoms with E-state index < -0.39 is 0 Å². The highest BCUT2D eigenvalue weighted by molar-refractivity contribution is 6.28. The minimum atomic E-state index is 0.000165. The first-order valence-corrected chi connectivity index (χ1v) is 14.6. The van der Waals surface area contributed by atoms with Gasteiger partial charge < -0.3 is 14.0 Å². The molecular formula is C38H33NO4. The van der Waals surface area contributed by atoms with Crippen molar-refractivity contribution in [2.45, 2.75) is 25.7 Å². The van der Waals surface area contributed by atoms with Gasteiger partial charge in [-0.2, -0.15) is 0 Å². The van der Waals surface area contributed by atoms with Crippen LogP contribution in [0.5, 0.6) is 11.5 Å². The molecule has 6 rings (SSSR count). The summed E-state index contributed by atoms with van der Waals surface area (Å²) < 4.78 is 14.6. The Labute approximate surface area is 250 Å². The third-order valence-electron chi connectivity index (χ3n) is 7.80. The summed E-state index contributed by atoms with van der Waals surface area (Å²) in [5, 5.41) is 7.16. The average Bonchev–Trinajstić information content (AvgIpc) is 3.40. The van der Waals surface area contributed by atoms with Crippen molar-refractivity contribution in [2.24, 2.45) is 0 Å². The van der Waals surface area contributed by atoms with Gasteiger partial charge in [-0.05, 0) is 58.7 Å². The van der Waals surface area contributed by atoms with Crippen LogP contribution in [0.3, 0.4) is 0 Å². The molecule has 5 nitrogen and oxygen atoms in total. The lowest BCUT2D eigenvalue weighted by atomic mass is 10.00. The number of benzene rings is 5. The zero-order valence-corrected chi connectivity index (χ0v) is 24.1. The van der Waals surface area contributed by atoms with Gasteiger partial charge in [0.1, 0.15) is 11.5 Å². The van der Waals surface area contributed by atoms with Crippen molar-refractivity contribution in [1.29, 1.82) is 0 Å². The van der Waals surface area contributed by atoms with Gasteiger partial charge in [0.05, 0.1) is 29.9 Å². The fourth-order valence-electron chi connectivity index (χ4n) is 5.76. The fourth-order valence-corrected chi connectivity index (χ4v) is 5.76. The Kier molecular flexibility index (Phi) is 8.05. The molecule has 5 aromatic carbocycles. The smallest absolute Gasteiger partial charge is 0.155 e. The molecule has 0 saturated heterocycles. The zero-order valence-electron chi connectivity index (χ0n) is 24.1. The summed E-state index contributed by atoms with van der Waals surface area (Å²) in [6.45, 7) is 7.88. The Morgan fingerprint density at radius 3 is 1.56 bits per heavy atom. The molecule has 0 saturated carbocycles. The second-order valence-electron chi connectivity index (χ2n) is 10.6. The molecule has 214 valence electrons. The summed E-state index contributed by atoms with van der Waals surface area (Å²) in [5.41, 5.74) is 3.07. The number of allylic oxidation sites excluding steroid dienone is 2. The molecule has 0 N–H and O–H groups in total. The number of carbonyl (C=O) groups is 2. The van der Waals surface area contributed by atoms with E-state index in [1.807, 2.05) is 18.2 Å². The number of hydrogen-bond acceptors (Lipinski definition) is 4. The van der Waals surface area contributed by atoms with Crippen molar-refractivity contribution in [3.63, 3.8) is 0 Å². The van der Waals surface area contributed by atoms with E-state index in [9.17, 15) is 9.59 Å². The van der Waals surface area contributed by atoms with E-state index in [0.717, 1.165) is 16.7 Å². The monoisotopic (exact) mass is 567 g/mol.